The Hall–Kier alpha value is -2.54. The Morgan fingerprint density at radius 1 is 0.781 bits per heavy atom. The molecule has 0 aliphatic heterocycles. The average molecular weight is 581 g/mol. The molecule has 0 amide bonds. The third-order valence-corrected chi connectivity index (χ3v) is 7.41. The van der Waals surface area contributed by atoms with Crippen LogP contribution in [0.4, 0.5) is 0 Å². The molecule has 3 aromatic rings. The van der Waals surface area contributed by atoms with E-state index in [1.165, 1.54) is 39.5 Å². The van der Waals surface area contributed by atoms with Gasteiger partial charge >= 0.3 is 0 Å². The van der Waals surface area contributed by atoms with Crippen LogP contribution in [0, 0.1) is 0 Å². The third kappa shape index (κ3) is 4.63. The van der Waals surface area contributed by atoms with Gasteiger partial charge in [-0.2, -0.15) is 0 Å². The van der Waals surface area contributed by atoms with Crippen molar-refractivity contribution in [3.8, 4) is 17.2 Å². The number of benzene rings is 3. The molecule has 0 aliphatic rings. The first kappa shape index (κ1) is 24.1. The molecular formula is C23H18Br2O6P. The second kappa shape index (κ2) is 10.4. The Morgan fingerprint density at radius 2 is 1.34 bits per heavy atom. The molecule has 0 spiro atoms. The fourth-order valence-electron chi connectivity index (χ4n) is 3.12. The Labute approximate surface area is 202 Å². The van der Waals surface area contributed by atoms with Crippen molar-refractivity contribution in [1.29, 1.82) is 0 Å². The van der Waals surface area contributed by atoms with Crippen molar-refractivity contribution in [3.63, 3.8) is 0 Å². The number of hydrogen-bond donors (Lipinski definition) is 0. The minimum Gasteiger partial charge on any atom is -0.496 e. The lowest BCUT2D eigenvalue weighted by Gasteiger charge is -2.15. The minimum absolute atomic E-state index is 0.0150. The van der Waals surface area contributed by atoms with Gasteiger partial charge in [0.15, 0.2) is 13.6 Å². The zero-order valence-electron chi connectivity index (χ0n) is 17.3. The van der Waals surface area contributed by atoms with Crippen LogP contribution in [0.25, 0.3) is 0 Å². The van der Waals surface area contributed by atoms with E-state index in [4.69, 9.17) is 14.2 Å². The minimum atomic E-state index is -2.67. The van der Waals surface area contributed by atoms with Crippen LogP contribution in [0.2, 0.25) is 0 Å². The number of carbonyl (C=O) groups is 2. The lowest BCUT2D eigenvalue weighted by Crippen LogP contribution is -2.17. The normalized spacial score (nSPS) is 11.0. The second-order valence-corrected chi connectivity index (χ2v) is 9.63. The van der Waals surface area contributed by atoms with Crippen molar-refractivity contribution in [3.05, 3.63) is 80.2 Å². The van der Waals surface area contributed by atoms with Crippen molar-refractivity contribution in [1.82, 2.24) is 0 Å². The number of hydrogen-bond acceptors (Lipinski definition) is 6. The summed E-state index contributed by atoms with van der Waals surface area (Å²) in [5.41, 5.74) is -0.166. The van der Waals surface area contributed by atoms with Crippen LogP contribution in [0.15, 0.2) is 63.5 Å². The number of rotatable bonds is 8. The maximum absolute atomic E-state index is 13.4. The summed E-state index contributed by atoms with van der Waals surface area (Å²) in [6.07, 6.45) is 0. The number of methoxy groups -OCH3 is 3. The van der Waals surface area contributed by atoms with Gasteiger partial charge in [0.1, 0.15) is 22.8 Å². The molecule has 6 nitrogen and oxygen atoms in total. The molecule has 1 atom stereocenters. The maximum Gasteiger partial charge on any atom is 0.254 e. The van der Waals surface area contributed by atoms with Gasteiger partial charge in [-0.25, -0.2) is 0 Å². The topological polar surface area (TPSA) is 78.9 Å². The van der Waals surface area contributed by atoms with Gasteiger partial charge in [0.25, 0.3) is 5.52 Å². The maximum atomic E-state index is 13.4. The molecule has 0 fully saturated rings. The highest BCUT2D eigenvalue weighted by atomic mass is 79.9. The molecule has 0 N–H and O–H groups in total. The van der Waals surface area contributed by atoms with Crippen LogP contribution in [-0.4, -0.2) is 32.6 Å². The number of ketones is 1. The standard InChI is InChI=1S/C23H18Br2O6P/c1-29-13-11-17(30-2)21(18(12-13)31-3)23(27)32(28)19-10-5-4-7-14(19)22(26)20-15(24)8-6-9-16(20)25/h4-12H,1-3H3. The van der Waals surface area contributed by atoms with Gasteiger partial charge in [0, 0.05) is 26.6 Å². The molecular weight excluding hydrogens is 563 g/mol. The smallest absolute Gasteiger partial charge is 0.254 e. The molecule has 1 unspecified atom stereocenters. The molecule has 0 saturated carbocycles. The van der Waals surface area contributed by atoms with Gasteiger partial charge in [-0.05, 0) is 56.1 Å². The molecule has 1 radical (unpaired) electrons. The monoisotopic (exact) mass is 579 g/mol. The van der Waals surface area contributed by atoms with Crippen molar-refractivity contribution in [2.24, 2.45) is 0 Å². The van der Waals surface area contributed by atoms with Crippen LogP contribution in [0.3, 0.4) is 0 Å². The van der Waals surface area contributed by atoms with E-state index in [0.717, 1.165) is 0 Å². The second-order valence-electron chi connectivity index (χ2n) is 6.45. The molecule has 32 heavy (non-hydrogen) atoms. The van der Waals surface area contributed by atoms with E-state index in [-0.39, 0.29) is 33.7 Å². The first-order valence-electron chi connectivity index (χ1n) is 9.23. The van der Waals surface area contributed by atoms with E-state index in [1.807, 2.05) is 0 Å². The SMILES string of the molecule is COc1cc(OC)c(C(=O)[P](=O)c2ccccc2C(=O)c2c(Br)cccc2Br)c(OC)c1. The van der Waals surface area contributed by atoms with E-state index >= 15 is 0 Å². The molecule has 0 bridgehead atoms. The van der Waals surface area contributed by atoms with E-state index in [0.29, 0.717) is 20.3 Å². The van der Waals surface area contributed by atoms with Gasteiger partial charge in [0.05, 0.1) is 32.2 Å². The molecule has 0 heterocycles. The Balaban J connectivity index is 2.11. The summed E-state index contributed by atoms with van der Waals surface area (Å²) in [4.78, 5) is 26.7. The molecule has 0 saturated heterocycles. The van der Waals surface area contributed by atoms with Crippen molar-refractivity contribution in [2.45, 2.75) is 0 Å². The zero-order valence-corrected chi connectivity index (χ0v) is 21.4. The van der Waals surface area contributed by atoms with Crippen LogP contribution in [-0.2, 0) is 4.57 Å². The van der Waals surface area contributed by atoms with Crippen LogP contribution in [0.1, 0.15) is 26.3 Å². The summed E-state index contributed by atoms with van der Waals surface area (Å²) in [6, 6.07) is 14.6. The first-order chi connectivity index (χ1) is 15.3. The molecule has 165 valence electrons. The number of ether oxygens (including phenoxy) is 3. The predicted octanol–water partition coefficient (Wildman–Crippen LogP) is 5.76. The molecule has 3 aromatic carbocycles. The predicted molar refractivity (Wildman–Crippen MR) is 129 cm³/mol. The van der Waals surface area contributed by atoms with Gasteiger partial charge in [0.2, 0.25) is 0 Å². The van der Waals surface area contributed by atoms with Crippen LogP contribution >= 0.6 is 39.7 Å². The van der Waals surface area contributed by atoms with E-state index in [1.54, 1.807) is 36.4 Å². The lowest BCUT2D eigenvalue weighted by atomic mass is 10.0. The summed E-state index contributed by atoms with van der Waals surface area (Å²) >= 11 is 6.78. The largest absolute Gasteiger partial charge is 0.496 e. The van der Waals surface area contributed by atoms with E-state index in [2.05, 4.69) is 31.9 Å². The van der Waals surface area contributed by atoms with Crippen molar-refractivity contribution >= 4 is 56.3 Å². The summed E-state index contributed by atoms with van der Waals surface area (Å²) in [5.74, 6) is 0.364. The van der Waals surface area contributed by atoms with Crippen LogP contribution < -0.4 is 19.5 Å². The Kier molecular flexibility index (Phi) is 7.82. The Bertz CT molecular complexity index is 1180. The highest BCUT2D eigenvalue weighted by Gasteiger charge is 2.30. The molecule has 3 rings (SSSR count). The lowest BCUT2D eigenvalue weighted by molar-refractivity contribution is 0.103. The molecule has 0 aliphatic carbocycles. The van der Waals surface area contributed by atoms with E-state index < -0.39 is 13.3 Å². The average Bonchev–Trinajstić information content (AvgIpc) is 2.81. The molecule has 0 aromatic heterocycles. The quantitative estimate of drug-likeness (QED) is 0.249. The fourth-order valence-corrected chi connectivity index (χ4v) is 5.74. The highest BCUT2D eigenvalue weighted by Crippen LogP contribution is 2.40. The van der Waals surface area contributed by atoms with Gasteiger partial charge < -0.3 is 14.2 Å². The third-order valence-electron chi connectivity index (χ3n) is 4.67. The van der Waals surface area contributed by atoms with Gasteiger partial charge in [-0.1, -0.05) is 18.2 Å². The number of carbonyl (C=O) groups excluding carboxylic acids is 2. The summed E-state index contributed by atoms with van der Waals surface area (Å²) in [5, 5.41) is 0.125. The van der Waals surface area contributed by atoms with E-state index in [9.17, 15) is 14.2 Å². The van der Waals surface area contributed by atoms with Crippen molar-refractivity contribution < 1.29 is 28.4 Å². The highest BCUT2D eigenvalue weighted by molar-refractivity contribution is 9.11. The fraction of sp³-hybridized carbons (Fsp3) is 0.130. The Morgan fingerprint density at radius 3 is 1.88 bits per heavy atom. The molecule has 9 heteroatoms. The summed E-state index contributed by atoms with van der Waals surface area (Å²) in [6.45, 7) is 0. The van der Waals surface area contributed by atoms with Crippen LogP contribution in [0.5, 0.6) is 17.2 Å². The summed E-state index contributed by atoms with van der Waals surface area (Å²) in [7, 11) is 1.57. The first-order valence-corrected chi connectivity index (χ1v) is 12.1. The van der Waals surface area contributed by atoms with Gasteiger partial charge in [-0.15, -0.1) is 0 Å². The summed E-state index contributed by atoms with van der Waals surface area (Å²) < 4.78 is 30.5. The van der Waals surface area contributed by atoms with Gasteiger partial charge in [-0.3, -0.25) is 14.2 Å². The van der Waals surface area contributed by atoms with Crippen molar-refractivity contribution in [2.75, 3.05) is 21.3 Å². The zero-order chi connectivity index (χ0) is 23.4. The number of halogens is 2.